The molecule has 1 N–H and O–H groups in total. The highest BCUT2D eigenvalue weighted by atomic mass is 35.5. The van der Waals surface area contributed by atoms with Crippen LogP contribution in [0, 0.1) is 12.8 Å². The summed E-state index contributed by atoms with van der Waals surface area (Å²) in [7, 11) is -1.75. The fourth-order valence-corrected chi connectivity index (χ4v) is 5.87. The molecule has 1 atom stereocenters. The topological polar surface area (TPSA) is 84.4 Å². The minimum atomic E-state index is -3.32. The van der Waals surface area contributed by atoms with E-state index in [0.717, 1.165) is 49.6 Å². The van der Waals surface area contributed by atoms with Crippen LogP contribution in [0.4, 0.5) is 17.5 Å². The van der Waals surface area contributed by atoms with Crippen LogP contribution >= 0.6 is 11.6 Å². The van der Waals surface area contributed by atoms with Gasteiger partial charge in [0, 0.05) is 35.6 Å². The lowest BCUT2D eigenvalue weighted by Crippen LogP contribution is -2.27. The van der Waals surface area contributed by atoms with Gasteiger partial charge in [-0.15, -0.1) is 0 Å². The standard InChI is InChI=1S/C26H31ClN4O3S/c1-19-18-25(29-22-7-5-21(27)6-8-22)30-26(28-19)31-15-3-4-20(13-16-31)14-17-35(32,33)24-11-9-23(34-2)10-12-24/h5-12,18,20H,3-4,13-17H2,1-2H3,(H,28,29,30). The van der Waals surface area contributed by atoms with Crippen molar-refractivity contribution >= 4 is 38.9 Å². The molecule has 2 aromatic carbocycles. The number of halogens is 1. The molecule has 0 bridgehead atoms. The first-order valence-electron chi connectivity index (χ1n) is 11.8. The summed E-state index contributed by atoms with van der Waals surface area (Å²) in [6.45, 7) is 3.62. The number of nitrogens with zero attached hydrogens (tertiary/aromatic N) is 3. The molecule has 1 aliphatic rings. The third-order valence-electron chi connectivity index (χ3n) is 6.30. The van der Waals surface area contributed by atoms with Crippen LogP contribution < -0.4 is 15.0 Å². The summed E-state index contributed by atoms with van der Waals surface area (Å²) in [5.41, 5.74) is 1.80. The quantitative estimate of drug-likeness (QED) is 0.415. The van der Waals surface area contributed by atoms with Crippen LogP contribution in [0.1, 0.15) is 31.4 Å². The van der Waals surface area contributed by atoms with Gasteiger partial charge in [0.05, 0.1) is 17.8 Å². The lowest BCUT2D eigenvalue weighted by atomic mass is 9.98. The molecule has 186 valence electrons. The summed E-state index contributed by atoms with van der Waals surface area (Å²) in [5, 5.41) is 4.01. The largest absolute Gasteiger partial charge is 0.497 e. The first kappa shape index (κ1) is 25.3. The normalized spacial score (nSPS) is 16.5. The highest BCUT2D eigenvalue weighted by molar-refractivity contribution is 7.91. The van der Waals surface area contributed by atoms with Gasteiger partial charge in [0.25, 0.3) is 0 Å². The van der Waals surface area contributed by atoms with E-state index in [4.69, 9.17) is 21.3 Å². The zero-order chi connectivity index (χ0) is 24.8. The van der Waals surface area contributed by atoms with Gasteiger partial charge in [-0.2, -0.15) is 4.98 Å². The Morgan fingerprint density at radius 2 is 1.80 bits per heavy atom. The van der Waals surface area contributed by atoms with Crippen molar-refractivity contribution in [2.75, 3.05) is 36.2 Å². The zero-order valence-electron chi connectivity index (χ0n) is 20.1. The molecule has 2 heterocycles. The smallest absolute Gasteiger partial charge is 0.227 e. The molecular weight excluding hydrogens is 484 g/mol. The third-order valence-corrected chi connectivity index (χ3v) is 8.32. The van der Waals surface area contributed by atoms with E-state index >= 15 is 0 Å². The molecule has 0 saturated carbocycles. The van der Waals surface area contributed by atoms with Crippen molar-refractivity contribution in [1.29, 1.82) is 0 Å². The van der Waals surface area contributed by atoms with Crippen molar-refractivity contribution in [1.82, 2.24) is 9.97 Å². The number of ether oxygens (including phenoxy) is 1. The highest BCUT2D eigenvalue weighted by Gasteiger charge is 2.22. The minimum Gasteiger partial charge on any atom is -0.497 e. The van der Waals surface area contributed by atoms with Crippen LogP contribution in [-0.4, -0.2) is 44.3 Å². The molecule has 1 aliphatic heterocycles. The van der Waals surface area contributed by atoms with Gasteiger partial charge in [0.2, 0.25) is 5.95 Å². The van der Waals surface area contributed by atoms with Crippen molar-refractivity contribution < 1.29 is 13.2 Å². The Morgan fingerprint density at radius 1 is 1.06 bits per heavy atom. The van der Waals surface area contributed by atoms with Crippen molar-refractivity contribution in [3.8, 4) is 5.75 Å². The molecule has 0 spiro atoms. The van der Waals surface area contributed by atoms with Gasteiger partial charge in [0.1, 0.15) is 11.6 Å². The molecular formula is C26H31ClN4O3S. The zero-order valence-corrected chi connectivity index (χ0v) is 21.6. The van der Waals surface area contributed by atoms with Crippen LogP contribution in [-0.2, 0) is 9.84 Å². The van der Waals surface area contributed by atoms with Crippen molar-refractivity contribution in [2.45, 2.75) is 37.5 Å². The molecule has 1 saturated heterocycles. The average Bonchev–Trinajstić information content (AvgIpc) is 3.10. The molecule has 1 aromatic heterocycles. The number of methoxy groups -OCH3 is 1. The maximum atomic E-state index is 12.8. The second-order valence-electron chi connectivity index (χ2n) is 8.89. The molecule has 1 unspecified atom stereocenters. The van der Waals surface area contributed by atoms with E-state index in [1.807, 2.05) is 37.3 Å². The Hall–Kier alpha value is -2.84. The van der Waals surface area contributed by atoms with E-state index < -0.39 is 9.84 Å². The highest BCUT2D eigenvalue weighted by Crippen LogP contribution is 2.27. The third kappa shape index (κ3) is 6.86. The number of hydrogen-bond acceptors (Lipinski definition) is 7. The number of aryl methyl sites for hydroxylation is 1. The van der Waals surface area contributed by atoms with Crippen LogP contribution in [0.15, 0.2) is 59.5 Å². The average molecular weight is 515 g/mol. The predicted octanol–water partition coefficient (Wildman–Crippen LogP) is 5.66. The van der Waals surface area contributed by atoms with Gasteiger partial charge < -0.3 is 15.0 Å². The van der Waals surface area contributed by atoms with Gasteiger partial charge >= 0.3 is 0 Å². The molecule has 9 heteroatoms. The van der Waals surface area contributed by atoms with Gasteiger partial charge in [-0.25, -0.2) is 13.4 Å². The van der Waals surface area contributed by atoms with Gasteiger partial charge in [0.15, 0.2) is 9.84 Å². The summed E-state index contributed by atoms with van der Waals surface area (Å²) in [4.78, 5) is 12.0. The van der Waals surface area contributed by atoms with E-state index in [1.54, 1.807) is 31.4 Å². The number of aromatic nitrogens is 2. The van der Waals surface area contributed by atoms with Crippen LogP contribution in [0.5, 0.6) is 5.75 Å². The lowest BCUT2D eigenvalue weighted by molar-refractivity contribution is 0.414. The van der Waals surface area contributed by atoms with Gasteiger partial charge in [-0.1, -0.05) is 11.6 Å². The number of sulfone groups is 1. The molecule has 0 aliphatic carbocycles. The molecule has 7 nitrogen and oxygen atoms in total. The Morgan fingerprint density at radius 3 is 2.51 bits per heavy atom. The maximum Gasteiger partial charge on any atom is 0.227 e. The summed E-state index contributed by atoms with van der Waals surface area (Å²) < 4.78 is 30.7. The monoisotopic (exact) mass is 514 g/mol. The summed E-state index contributed by atoms with van der Waals surface area (Å²) in [6, 6.07) is 16.0. The molecule has 4 rings (SSSR count). The van der Waals surface area contributed by atoms with E-state index in [9.17, 15) is 8.42 Å². The first-order valence-corrected chi connectivity index (χ1v) is 13.9. The van der Waals surface area contributed by atoms with Gasteiger partial charge in [-0.3, -0.25) is 0 Å². The van der Waals surface area contributed by atoms with E-state index in [1.165, 1.54) is 0 Å². The second kappa shape index (κ2) is 11.3. The lowest BCUT2D eigenvalue weighted by Gasteiger charge is -2.22. The van der Waals surface area contributed by atoms with Crippen LogP contribution in [0.2, 0.25) is 5.02 Å². The van der Waals surface area contributed by atoms with E-state index in [0.29, 0.717) is 34.0 Å². The molecule has 35 heavy (non-hydrogen) atoms. The van der Waals surface area contributed by atoms with E-state index in [-0.39, 0.29) is 5.75 Å². The molecule has 3 aromatic rings. The number of anilines is 3. The predicted molar refractivity (Wildman–Crippen MR) is 141 cm³/mol. The van der Waals surface area contributed by atoms with Crippen molar-refractivity contribution in [3.05, 3.63) is 65.3 Å². The summed E-state index contributed by atoms with van der Waals surface area (Å²) in [6.07, 6.45) is 3.54. The Bertz CT molecular complexity index is 1230. The minimum absolute atomic E-state index is 0.153. The summed E-state index contributed by atoms with van der Waals surface area (Å²) in [5.74, 6) is 2.59. The number of rotatable bonds is 8. The Balaban J connectivity index is 1.36. The Kier molecular flexibility index (Phi) is 8.13. The van der Waals surface area contributed by atoms with E-state index in [2.05, 4.69) is 15.2 Å². The number of hydrogen-bond donors (Lipinski definition) is 1. The number of benzene rings is 2. The molecule has 1 fully saturated rings. The van der Waals surface area contributed by atoms with Crippen LogP contribution in [0.3, 0.4) is 0 Å². The summed E-state index contributed by atoms with van der Waals surface area (Å²) >= 11 is 5.99. The fourth-order valence-electron chi connectivity index (χ4n) is 4.32. The molecule has 0 radical (unpaired) electrons. The number of nitrogens with one attached hydrogen (secondary N) is 1. The first-order chi connectivity index (χ1) is 16.8. The van der Waals surface area contributed by atoms with Crippen molar-refractivity contribution in [3.63, 3.8) is 0 Å². The van der Waals surface area contributed by atoms with Gasteiger partial charge in [-0.05, 0) is 87.1 Å². The SMILES string of the molecule is COc1ccc(S(=O)(=O)CCC2CCCN(c3nc(C)cc(Nc4ccc(Cl)cc4)n3)CC2)cc1. The van der Waals surface area contributed by atoms with Crippen LogP contribution in [0.25, 0.3) is 0 Å². The van der Waals surface area contributed by atoms with Crippen molar-refractivity contribution in [2.24, 2.45) is 5.92 Å². The maximum absolute atomic E-state index is 12.8. The second-order valence-corrected chi connectivity index (χ2v) is 11.4. The molecule has 0 amide bonds. The fraction of sp³-hybridized carbons (Fsp3) is 0.385. The Labute approximate surface area is 212 Å².